The van der Waals surface area contributed by atoms with Gasteiger partial charge in [0.1, 0.15) is 0 Å². The Kier molecular flexibility index (Phi) is 6.46. The predicted octanol–water partition coefficient (Wildman–Crippen LogP) is 3.77. The van der Waals surface area contributed by atoms with Crippen LogP contribution in [0.15, 0.2) is 30.3 Å². The van der Waals surface area contributed by atoms with Crippen LogP contribution in [0.3, 0.4) is 0 Å². The van der Waals surface area contributed by atoms with E-state index in [1.807, 2.05) is 26.0 Å². The summed E-state index contributed by atoms with van der Waals surface area (Å²) < 4.78 is 15.3. The van der Waals surface area contributed by atoms with Crippen molar-refractivity contribution in [2.45, 2.75) is 13.8 Å². The Bertz CT molecular complexity index is 835. The number of halogens is 1. The fourth-order valence-corrected chi connectivity index (χ4v) is 2.61. The molecule has 0 saturated carbocycles. The van der Waals surface area contributed by atoms with Crippen LogP contribution in [0.25, 0.3) is 0 Å². The minimum Gasteiger partial charge on any atom is -0.493 e. The van der Waals surface area contributed by atoms with Crippen LogP contribution in [0.2, 0.25) is 5.02 Å². The van der Waals surface area contributed by atoms with Crippen molar-refractivity contribution in [1.82, 2.24) is 0 Å². The maximum atomic E-state index is 12.2. The maximum Gasteiger partial charge on any atom is 0.338 e. The van der Waals surface area contributed by atoms with Gasteiger partial charge in [-0.25, -0.2) is 4.79 Å². The summed E-state index contributed by atoms with van der Waals surface area (Å²) in [7, 11) is 2.88. The van der Waals surface area contributed by atoms with Crippen molar-refractivity contribution in [1.29, 1.82) is 0 Å². The monoisotopic (exact) mass is 377 g/mol. The molecule has 138 valence electrons. The van der Waals surface area contributed by atoms with Gasteiger partial charge in [0.25, 0.3) is 5.91 Å². The molecule has 0 aromatic heterocycles. The van der Waals surface area contributed by atoms with Crippen molar-refractivity contribution in [2.75, 3.05) is 26.1 Å². The quantitative estimate of drug-likeness (QED) is 0.776. The van der Waals surface area contributed by atoms with Crippen LogP contribution >= 0.6 is 11.6 Å². The summed E-state index contributed by atoms with van der Waals surface area (Å²) in [5, 5.41) is 2.93. The van der Waals surface area contributed by atoms with E-state index in [-0.39, 0.29) is 10.6 Å². The third-order valence-electron chi connectivity index (χ3n) is 3.88. The fraction of sp³-hybridized carbons (Fsp3) is 0.263. The lowest BCUT2D eigenvalue weighted by Crippen LogP contribution is -2.21. The molecular weight excluding hydrogens is 358 g/mol. The van der Waals surface area contributed by atoms with Gasteiger partial charge in [-0.05, 0) is 43.2 Å². The summed E-state index contributed by atoms with van der Waals surface area (Å²) in [6.07, 6.45) is 0. The third-order valence-corrected chi connectivity index (χ3v) is 4.16. The molecule has 0 aliphatic rings. The first-order valence-corrected chi connectivity index (χ1v) is 8.20. The highest BCUT2D eigenvalue weighted by Crippen LogP contribution is 2.36. The van der Waals surface area contributed by atoms with Crippen molar-refractivity contribution in [3.63, 3.8) is 0 Å². The molecule has 0 fully saturated rings. The zero-order valence-electron chi connectivity index (χ0n) is 15.0. The summed E-state index contributed by atoms with van der Waals surface area (Å²) in [6, 6.07) is 8.42. The number of hydrogen-bond acceptors (Lipinski definition) is 5. The average molecular weight is 378 g/mol. The molecule has 0 spiro atoms. The summed E-state index contributed by atoms with van der Waals surface area (Å²) >= 11 is 6.07. The van der Waals surface area contributed by atoms with Gasteiger partial charge in [0, 0.05) is 5.69 Å². The Labute approximate surface area is 157 Å². The SMILES string of the molecule is COc1cc(C(=O)OCC(=O)Nc2cccc(C)c2C)cc(Cl)c1OC. The maximum absolute atomic E-state index is 12.2. The van der Waals surface area contributed by atoms with Crippen molar-refractivity contribution >= 4 is 29.2 Å². The van der Waals surface area contributed by atoms with E-state index in [2.05, 4.69) is 5.32 Å². The lowest BCUT2D eigenvalue weighted by molar-refractivity contribution is -0.119. The Balaban J connectivity index is 2.03. The van der Waals surface area contributed by atoms with Gasteiger partial charge in [0.05, 0.1) is 24.8 Å². The highest BCUT2D eigenvalue weighted by atomic mass is 35.5. The van der Waals surface area contributed by atoms with Gasteiger partial charge in [-0.15, -0.1) is 0 Å². The number of aryl methyl sites for hydroxylation is 1. The van der Waals surface area contributed by atoms with Crippen LogP contribution in [0.1, 0.15) is 21.5 Å². The number of nitrogens with one attached hydrogen (secondary N) is 1. The van der Waals surface area contributed by atoms with Crippen LogP contribution < -0.4 is 14.8 Å². The number of hydrogen-bond donors (Lipinski definition) is 1. The molecule has 0 aliphatic heterocycles. The second-order valence-corrected chi connectivity index (χ2v) is 5.97. The number of anilines is 1. The van der Waals surface area contributed by atoms with E-state index in [4.69, 9.17) is 25.8 Å². The second kappa shape index (κ2) is 8.58. The zero-order chi connectivity index (χ0) is 19.3. The third kappa shape index (κ3) is 4.46. The second-order valence-electron chi connectivity index (χ2n) is 5.57. The molecular formula is C19H20ClNO5. The topological polar surface area (TPSA) is 73.9 Å². The lowest BCUT2D eigenvalue weighted by atomic mass is 10.1. The average Bonchev–Trinajstić information content (AvgIpc) is 2.62. The van der Waals surface area contributed by atoms with Gasteiger partial charge >= 0.3 is 5.97 Å². The Morgan fingerprint density at radius 2 is 1.85 bits per heavy atom. The predicted molar refractivity (Wildman–Crippen MR) is 99.4 cm³/mol. The van der Waals surface area contributed by atoms with E-state index in [9.17, 15) is 9.59 Å². The molecule has 0 unspecified atom stereocenters. The highest BCUT2D eigenvalue weighted by Gasteiger charge is 2.17. The number of carbonyl (C=O) groups is 2. The van der Waals surface area contributed by atoms with Gasteiger partial charge in [0.15, 0.2) is 18.1 Å². The molecule has 2 rings (SSSR count). The molecule has 26 heavy (non-hydrogen) atoms. The summed E-state index contributed by atoms with van der Waals surface area (Å²) in [5.74, 6) is -0.507. The zero-order valence-corrected chi connectivity index (χ0v) is 15.8. The normalized spacial score (nSPS) is 10.2. The molecule has 0 bridgehead atoms. The standard InChI is InChI=1S/C19H20ClNO5/c1-11-6-5-7-15(12(11)2)21-17(22)10-26-19(23)13-8-14(20)18(25-4)16(9-13)24-3/h5-9H,10H2,1-4H3,(H,21,22). The molecule has 0 atom stereocenters. The molecule has 6 nitrogen and oxygen atoms in total. The van der Waals surface area contributed by atoms with Crippen LogP contribution in [0.5, 0.6) is 11.5 Å². The molecule has 1 amide bonds. The van der Waals surface area contributed by atoms with E-state index in [0.717, 1.165) is 11.1 Å². The first-order valence-electron chi connectivity index (χ1n) is 7.82. The fourth-order valence-electron chi connectivity index (χ4n) is 2.32. The smallest absolute Gasteiger partial charge is 0.338 e. The largest absolute Gasteiger partial charge is 0.493 e. The minimum absolute atomic E-state index is 0.159. The van der Waals surface area contributed by atoms with Crippen molar-refractivity contribution in [3.05, 3.63) is 52.0 Å². The Morgan fingerprint density at radius 1 is 1.12 bits per heavy atom. The number of ether oxygens (including phenoxy) is 3. The molecule has 0 saturated heterocycles. The van der Waals surface area contributed by atoms with Gasteiger partial charge in [-0.2, -0.15) is 0 Å². The summed E-state index contributed by atoms with van der Waals surface area (Å²) in [4.78, 5) is 24.2. The van der Waals surface area contributed by atoms with E-state index in [1.165, 1.54) is 26.4 Å². The van der Waals surface area contributed by atoms with Crippen LogP contribution in [-0.2, 0) is 9.53 Å². The van der Waals surface area contributed by atoms with Gasteiger partial charge in [0.2, 0.25) is 0 Å². The number of carbonyl (C=O) groups excluding carboxylic acids is 2. The van der Waals surface area contributed by atoms with Crippen molar-refractivity contribution in [2.24, 2.45) is 0 Å². The lowest BCUT2D eigenvalue weighted by Gasteiger charge is -2.12. The minimum atomic E-state index is -0.691. The van der Waals surface area contributed by atoms with E-state index in [1.54, 1.807) is 6.07 Å². The van der Waals surface area contributed by atoms with Crippen molar-refractivity contribution < 1.29 is 23.8 Å². The number of benzene rings is 2. The number of rotatable bonds is 6. The Morgan fingerprint density at radius 3 is 2.50 bits per heavy atom. The first-order chi connectivity index (χ1) is 12.4. The number of methoxy groups -OCH3 is 2. The van der Waals surface area contributed by atoms with Gasteiger partial charge in [-0.1, -0.05) is 23.7 Å². The molecule has 7 heteroatoms. The van der Waals surface area contributed by atoms with Crippen molar-refractivity contribution in [3.8, 4) is 11.5 Å². The molecule has 0 heterocycles. The summed E-state index contributed by atoms with van der Waals surface area (Å²) in [5.41, 5.74) is 2.85. The number of esters is 1. The molecule has 1 N–H and O–H groups in total. The van der Waals surface area contributed by atoms with Crippen LogP contribution in [-0.4, -0.2) is 32.7 Å². The Hall–Kier alpha value is -2.73. The highest BCUT2D eigenvalue weighted by molar-refractivity contribution is 6.32. The van der Waals surface area contributed by atoms with Gasteiger partial charge in [-0.3, -0.25) is 4.79 Å². The molecule has 2 aromatic rings. The number of amides is 1. The molecule has 0 aliphatic carbocycles. The van der Waals surface area contributed by atoms with Crippen LogP contribution in [0, 0.1) is 13.8 Å². The van der Waals surface area contributed by atoms with Gasteiger partial charge < -0.3 is 19.5 Å². The molecule has 2 aromatic carbocycles. The summed E-state index contributed by atoms with van der Waals surface area (Å²) in [6.45, 7) is 3.44. The van der Waals surface area contributed by atoms with E-state index < -0.39 is 18.5 Å². The van der Waals surface area contributed by atoms with E-state index >= 15 is 0 Å². The molecule has 0 radical (unpaired) electrons. The van der Waals surface area contributed by atoms with Crippen LogP contribution in [0.4, 0.5) is 5.69 Å². The first kappa shape index (κ1) is 19.6. The van der Waals surface area contributed by atoms with E-state index in [0.29, 0.717) is 17.2 Å².